The number of para-hydroxylation sites is 1. The number of nitrogens with one attached hydrogen (secondary N) is 1. The van der Waals surface area contributed by atoms with Gasteiger partial charge in [-0.25, -0.2) is 5.43 Å². The first kappa shape index (κ1) is 15.6. The molecule has 5 nitrogen and oxygen atoms in total. The summed E-state index contributed by atoms with van der Waals surface area (Å²) >= 11 is 0. The normalized spacial score (nSPS) is 10.9. The number of hydrogen-bond donors (Lipinski definition) is 2. The van der Waals surface area contributed by atoms with Gasteiger partial charge in [-0.3, -0.25) is 4.79 Å². The Kier molecular flexibility index (Phi) is 4.43. The van der Waals surface area contributed by atoms with Gasteiger partial charge in [0.1, 0.15) is 11.5 Å². The van der Waals surface area contributed by atoms with Gasteiger partial charge in [-0.15, -0.1) is 0 Å². The monoisotopic (exact) mass is 320 g/mol. The number of ether oxygens (including phenoxy) is 1. The molecule has 0 aliphatic heterocycles. The molecule has 0 radical (unpaired) electrons. The van der Waals surface area contributed by atoms with Crippen LogP contribution in [0.4, 0.5) is 0 Å². The molecule has 24 heavy (non-hydrogen) atoms. The highest BCUT2D eigenvalue weighted by atomic mass is 16.5. The average molecular weight is 320 g/mol. The molecule has 3 rings (SSSR count). The van der Waals surface area contributed by atoms with Crippen molar-refractivity contribution in [3.8, 4) is 11.5 Å². The van der Waals surface area contributed by atoms with Gasteiger partial charge in [0.05, 0.1) is 18.9 Å². The second-order valence-corrected chi connectivity index (χ2v) is 5.19. The highest BCUT2D eigenvalue weighted by molar-refractivity contribution is 5.97. The molecule has 0 saturated carbocycles. The van der Waals surface area contributed by atoms with E-state index in [9.17, 15) is 9.90 Å². The van der Waals surface area contributed by atoms with Crippen LogP contribution in [0.2, 0.25) is 0 Å². The number of phenolic OH excluding ortho intramolecular Hbond substituents is 1. The lowest BCUT2D eigenvalue weighted by atomic mass is 10.1. The van der Waals surface area contributed by atoms with Gasteiger partial charge in [0.2, 0.25) is 0 Å². The fraction of sp³-hybridized carbons (Fsp3) is 0.0526. The largest absolute Gasteiger partial charge is 0.507 e. The van der Waals surface area contributed by atoms with E-state index in [2.05, 4.69) is 10.5 Å². The third-order valence-electron chi connectivity index (χ3n) is 3.60. The van der Waals surface area contributed by atoms with Crippen molar-refractivity contribution in [1.29, 1.82) is 0 Å². The first-order valence-electron chi connectivity index (χ1n) is 7.36. The van der Waals surface area contributed by atoms with E-state index in [-0.39, 0.29) is 11.3 Å². The van der Waals surface area contributed by atoms with Crippen LogP contribution in [-0.4, -0.2) is 24.3 Å². The van der Waals surface area contributed by atoms with Gasteiger partial charge >= 0.3 is 0 Å². The maximum Gasteiger partial charge on any atom is 0.275 e. The SMILES string of the molecule is COc1ccc2cc(/C=N\NC(=O)c3ccccc3O)ccc2c1. The van der Waals surface area contributed by atoms with Gasteiger partial charge < -0.3 is 9.84 Å². The quantitative estimate of drug-likeness (QED) is 0.572. The Balaban J connectivity index is 1.73. The van der Waals surface area contributed by atoms with Crippen LogP contribution < -0.4 is 10.2 Å². The summed E-state index contributed by atoms with van der Waals surface area (Å²) in [7, 11) is 1.63. The van der Waals surface area contributed by atoms with Crippen molar-refractivity contribution in [3.05, 3.63) is 71.8 Å². The highest BCUT2D eigenvalue weighted by Crippen LogP contribution is 2.21. The van der Waals surface area contributed by atoms with Gasteiger partial charge in [-0.1, -0.05) is 30.3 Å². The van der Waals surface area contributed by atoms with Gasteiger partial charge in [-0.05, 0) is 46.7 Å². The molecule has 0 fully saturated rings. The molecule has 2 N–H and O–H groups in total. The van der Waals surface area contributed by atoms with Gasteiger partial charge in [0, 0.05) is 0 Å². The van der Waals surface area contributed by atoms with E-state index in [0.717, 1.165) is 22.1 Å². The predicted octanol–water partition coefficient (Wildman–Crippen LogP) is 3.32. The zero-order valence-corrected chi connectivity index (χ0v) is 13.1. The van der Waals surface area contributed by atoms with Crippen molar-refractivity contribution in [1.82, 2.24) is 5.43 Å². The number of hydrogen-bond acceptors (Lipinski definition) is 4. The summed E-state index contributed by atoms with van der Waals surface area (Å²) in [4.78, 5) is 11.9. The summed E-state index contributed by atoms with van der Waals surface area (Å²) in [6.07, 6.45) is 1.56. The van der Waals surface area contributed by atoms with Crippen LogP contribution in [0.15, 0.2) is 65.8 Å². The van der Waals surface area contributed by atoms with Crippen molar-refractivity contribution in [2.75, 3.05) is 7.11 Å². The fourth-order valence-electron chi connectivity index (χ4n) is 2.34. The van der Waals surface area contributed by atoms with E-state index in [1.165, 1.54) is 12.1 Å². The first-order valence-corrected chi connectivity index (χ1v) is 7.36. The number of amides is 1. The lowest BCUT2D eigenvalue weighted by Gasteiger charge is -2.04. The Bertz CT molecular complexity index is 919. The van der Waals surface area contributed by atoms with E-state index in [0.29, 0.717) is 0 Å². The molecule has 120 valence electrons. The molecule has 0 aliphatic carbocycles. The lowest BCUT2D eigenvalue weighted by Crippen LogP contribution is -2.17. The number of rotatable bonds is 4. The number of benzene rings is 3. The minimum Gasteiger partial charge on any atom is -0.507 e. The van der Waals surface area contributed by atoms with Crippen molar-refractivity contribution >= 4 is 22.9 Å². The summed E-state index contributed by atoms with van der Waals surface area (Å²) in [5.74, 6) is 0.263. The Morgan fingerprint density at radius 3 is 2.62 bits per heavy atom. The molecular weight excluding hydrogens is 304 g/mol. The molecule has 0 unspecified atom stereocenters. The van der Waals surface area contributed by atoms with E-state index in [4.69, 9.17) is 4.74 Å². The number of carbonyl (C=O) groups excluding carboxylic acids is 1. The van der Waals surface area contributed by atoms with Crippen LogP contribution in [0.1, 0.15) is 15.9 Å². The summed E-state index contributed by atoms with van der Waals surface area (Å²) in [5, 5.41) is 15.7. The number of phenols is 1. The highest BCUT2D eigenvalue weighted by Gasteiger charge is 2.08. The molecule has 1 amide bonds. The van der Waals surface area contributed by atoms with E-state index >= 15 is 0 Å². The maximum atomic E-state index is 11.9. The van der Waals surface area contributed by atoms with Crippen LogP contribution >= 0.6 is 0 Å². The van der Waals surface area contributed by atoms with Crippen molar-refractivity contribution in [3.63, 3.8) is 0 Å². The maximum absolute atomic E-state index is 11.9. The molecule has 3 aromatic carbocycles. The number of carbonyl (C=O) groups is 1. The average Bonchev–Trinajstić information content (AvgIpc) is 2.61. The minimum atomic E-state index is -0.463. The molecule has 3 aromatic rings. The zero-order valence-electron chi connectivity index (χ0n) is 13.1. The first-order chi connectivity index (χ1) is 11.7. The third-order valence-corrected chi connectivity index (χ3v) is 3.60. The third kappa shape index (κ3) is 3.35. The Hall–Kier alpha value is -3.34. The van der Waals surface area contributed by atoms with Crippen LogP contribution in [0.25, 0.3) is 10.8 Å². The molecule has 0 bridgehead atoms. The minimum absolute atomic E-state index is 0.0788. The summed E-state index contributed by atoms with van der Waals surface area (Å²) in [6.45, 7) is 0. The van der Waals surface area contributed by atoms with Crippen molar-refractivity contribution in [2.24, 2.45) is 5.10 Å². The second-order valence-electron chi connectivity index (χ2n) is 5.19. The van der Waals surface area contributed by atoms with Gasteiger partial charge in [0.15, 0.2) is 0 Å². The number of nitrogens with zero attached hydrogens (tertiary/aromatic N) is 1. The molecule has 0 saturated heterocycles. The lowest BCUT2D eigenvalue weighted by molar-refractivity contribution is 0.0952. The molecular formula is C19H16N2O3. The van der Waals surface area contributed by atoms with Gasteiger partial charge in [0.25, 0.3) is 5.91 Å². The van der Waals surface area contributed by atoms with Crippen LogP contribution in [-0.2, 0) is 0 Å². The molecule has 0 spiro atoms. The Morgan fingerprint density at radius 2 is 1.83 bits per heavy atom. The molecule has 0 heterocycles. The smallest absolute Gasteiger partial charge is 0.275 e. The number of methoxy groups -OCH3 is 1. The molecule has 0 atom stereocenters. The number of aromatic hydroxyl groups is 1. The van der Waals surface area contributed by atoms with Crippen LogP contribution in [0.5, 0.6) is 11.5 Å². The number of hydrazone groups is 1. The molecule has 0 aromatic heterocycles. The van der Waals surface area contributed by atoms with Crippen molar-refractivity contribution in [2.45, 2.75) is 0 Å². The summed E-state index contributed by atoms with van der Waals surface area (Å²) in [6, 6.07) is 18.0. The fourth-order valence-corrected chi connectivity index (χ4v) is 2.34. The second kappa shape index (κ2) is 6.83. The summed E-state index contributed by atoms with van der Waals surface area (Å²) in [5.41, 5.74) is 3.44. The predicted molar refractivity (Wildman–Crippen MR) is 93.7 cm³/mol. The Labute approximate surface area is 139 Å². The number of fused-ring (bicyclic) bond motifs is 1. The summed E-state index contributed by atoms with van der Waals surface area (Å²) < 4.78 is 5.20. The van der Waals surface area contributed by atoms with Crippen LogP contribution in [0, 0.1) is 0 Å². The van der Waals surface area contributed by atoms with Gasteiger partial charge in [-0.2, -0.15) is 5.10 Å². The standard InChI is InChI=1S/C19H16N2O3/c1-24-16-9-8-14-10-13(6-7-15(14)11-16)12-20-21-19(23)17-4-2-3-5-18(17)22/h2-12,22H,1H3,(H,21,23)/b20-12-. The van der Waals surface area contributed by atoms with E-state index < -0.39 is 5.91 Å². The van der Waals surface area contributed by atoms with Crippen molar-refractivity contribution < 1.29 is 14.6 Å². The molecule has 5 heteroatoms. The molecule has 0 aliphatic rings. The van der Waals surface area contributed by atoms with E-state index in [1.807, 2.05) is 36.4 Å². The topological polar surface area (TPSA) is 70.9 Å². The van der Waals surface area contributed by atoms with Crippen LogP contribution in [0.3, 0.4) is 0 Å². The Morgan fingerprint density at radius 1 is 1.08 bits per heavy atom. The van der Waals surface area contributed by atoms with E-state index in [1.54, 1.807) is 25.5 Å². The zero-order chi connectivity index (χ0) is 16.9.